The Kier molecular flexibility index (Phi) is 6.74. The van der Waals surface area contributed by atoms with E-state index in [0.29, 0.717) is 19.6 Å². The molecule has 20 heavy (non-hydrogen) atoms. The third kappa shape index (κ3) is 4.97. The minimum Gasteiger partial charge on any atom is -0.481 e. The quantitative estimate of drug-likeness (QED) is 0.658. The zero-order valence-electron chi connectivity index (χ0n) is 12.0. The van der Waals surface area contributed by atoms with Crippen LogP contribution in [-0.2, 0) is 9.53 Å². The molecule has 0 aromatic carbocycles. The van der Waals surface area contributed by atoms with Crippen LogP contribution in [0.25, 0.3) is 0 Å². The Morgan fingerprint density at radius 1 is 1.50 bits per heavy atom. The Bertz CT molecular complexity index is 337. The SMILES string of the molecule is CCCC(CC(=O)O)NC(=O)N1CC(CO)OCC1C. The highest BCUT2D eigenvalue weighted by atomic mass is 16.5. The summed E-state index contributed by atoms with van der Waals surface area (Å²) in [6.07, 6.45) is 0.971. The third-order valence-electron chi connectivity index (χ3n) is 3.36. The summed E-state index contributed by atoms with van der Waals surface area (Å²) in [4.78, 5) is 24.6. The first kappa shape index (κ1) is 16.7. The number of carboxylic acid groups (broad SMARTS) is 1. The summed E-state index contributed by atoms with van der Waals surface area (Å²) in [5.74, 6) is -0.924. The summed E-state index contributed by atoms with van der Waals surface area (Å²) in [7, 11) is 0. The van der Waals surface area contributed by atoms with Gasteiger partial charge in [0.25, 0.3) is 0 Å². The zero-order chi connectivity index (χ0) is 15.1. The molecule has 1 rings (SSSR count). The molecule has 3 atom stereocenters. The Morgan fingerprint density at radius 2 is 2.20 bits per heavy atom. The van der Waals surface area contributed by atoms with Crippen molar-refractivity contribution >= 4 is 12.0 Å². The van der Waals surface area contributed by atoms with Crippen molar-refractivity contribution in [3.05, 3.63) is 0 Å². The Morgan fingerprint density at radius 3 is 2.75 bits per heavy atom. The van der Waals surface area contributed by atoms with Gasteiger partial charge < -0.3 is 25.2 Å². The van der Waals surface area contributed by atoms with Gasteiger partial charge in [-0.3, -0.25) is 4.79 Å². The van der Waals surface area contributed by atoms with Crippen molar-refractivity contribution in [2.45, 2.75) is 51.3 Å². The van der Waals surface area contributed by atoms with Gasteiger partial charge in [0.2, 0.25) is 0 Å². The summed E-state index contributed by atoms with van der Waals surface area (Å²) in [5.41, 5.74) is 0. The van der Waals surface area contributed by atoms with Gasteiger partial charge in [-0.05, 0) is 13.3 Å². The largest absolute Gasteiger partial charge is 0.481 e. The summed E-state index contributed by atoms with van der Waals surface area (Å²) >= 11 is 0. The molecule has 1 aliphatic rings. The second-order valence-corrected chi connectivity index (χ2v) is 5.17. The minimum atomic E-state index is -0.924. The number of carbonyl (C=O) groups excluding carboxylic acids is 1. The molecule has 0 bridgehead atoms. The van der Waals surface area contributed by atoms with Gasteiger partial charge in [-0.1, -0.05) is 13.3 Å². The van der Waals surface area contributed by atoms with Gasteiger partial charge in [0, 0.05) is 6.04 Å². The number of aliphatic hydroxyl groups excluding tert-OH is 1. The fourth-order valence-electron chi connectivity index (χ4n) is 2.25. The molecule has 0 saturated carbocycles. The van der Waals surface area contributed by atoms with Crippen LogP contribution >= 0.6 is 0 Å². The minimum absolute atomic E-state index is 0.0816. The number of aliphatic hydroxyl groups is 1. The van der Waals surface area contributed by atoms with Crippen molar-refractivity contribution in [2.75, 3.05) is 19.8 Å². The molecule has 7 heteroatoms. The lowest BCUT2D eigenvalue weighted by molar-refractivity contribution is -0.137. The van der Waals surface area contributed by atoms with Crippen molar-refractivity contribution in [1.29, 1.82) is 0 Å². The Labute approximate surface area is 118 Å². The van der Waals surface area contributed by atoms with Crippen molar-refractivity contribution in [1.82, 2.24) is 10.2 Å². The standard InChI is InChI=1S/C13H24N2O5/c1-3-4-10(5-12(17)18)14-13(19)15-6-11(7-16)20-8-9(15)2/h9-11,16H,3-8H2,1-2H3,(H,14,19)(H,17,18). The fraction of sp³-hybridized carbons (Fsp3) is 0.846. The van der Waals surface area contributed by atoms with Gasteiger partial charge in [0.05, 0.1) is 38.3 Å². The number of carbonyl (C=O) groups is 2. The number of morpholine rings is 1. The van der Waals surface area contributed by atoms with E-state index in [2.05, 4.69) is 5.32 Å². The summed E-state index contributed by atoms with van der Waals surface area (Å²) in [6, 6.07) is -0.753. The summed E-state index contributed by atoms with van der Waals surface area (Å²) in [6.45, 7) is 4.36. The predicted octanol–water partition coefficient (Wildman–Crippen LogP) is 0.421. The lowest BCUT2D eigenvalue weighted by atomic mass is 10.1. The van der Waals surface area contributed by atoms with Crippen LogP contribution in [0.3, 0.4) is 0 Å². The summed E-state index contributed by atoms with van der Waals surface area (Å²) < 4.78 is 5.37. The third-order valence-corrected chi connectivity index (χ3v) is 3.36. The molecular weight excluding hydrogens is 264 g/mol. The van der Waals surface area contributed by atoms with Gasteiger partial charge in [-0.2, -0.15) is 0 Å². The first-order valence-electron chi connectivity index (χ1n) is 6.99. The van der Waals surface area contributed by atoms with Gasteiger partial charge >= 0.3 is 12.0 Å². The van der Waals surface area contributed by atoms with Crippen LogP contribution in [0.5, 0.6) is 0 Å². The highest BCUT2D eigenvalue weighted by Gasteiger charge is 2.30. The topological polar surface area (TPSA) is 99.1 Å². The van der Waals surface area contributed by atoms with E-state index in [1.165, 1.54) is 0 Å². The van der Waals surface area contributed by atoms with Crippen LogP contribution in [0.15, 0.2) is 0 Å². The van der Waals surface area contributed by atoms with Gasteiger partial charge in [-0.25, -0.2) is 4.79 Å². The van der Waals surface area contributed by atoms with Crippen molar-refractivity contribution in [3.8, 4) is 0 Å². The van der Waals surface area contributed by atoms with E-state index in [1.807, 2.05) is 13.8 Å². The molecule has 0 aromatic rings. The zero-order valence-corrected chi connectivity index (χ0v) is 12.0. The highest BCUT2D eigenvalue weighted by Crippen LogP contribution is 2.12. The van der Waals surface area contributed by atoms with Crippen LogP contribution in [0, 0.1) is 0 Å². The molecule has 0 aromatic heterocycles. The second kappa shape index (κ2) is 8.06. The molecule has 116 valence electrons. The lowest BCUT2D eigenvalue weighted by Crippen LogP contribution is -2.56. The second-order valence-electron chi connectivity index (χ2n) is 5.17. The average Bonchev–Trinajstić information content (AvgIpc) is 2.38. The molecule has 0 spiro atoms. The van der Waals surface area contributed by atoms with Crippen LogP contribution in [0.4, 0.5) is 4.79 Å². The van der Waals surface area contributed by atoms with E-state index in [4.69, 9.17) is 14.9 Å². The molecule has 2 amide bonds. The van der Waals surface area contributed by atoms with Crippen LogP contribution in [0.1, 0.15) is 33.1 Å². The number of hydrogen-bond donors (Lipinski definition) is 3. The molecule has 1 aliphatic heterocycles. The first-order valence-corrected chi connectivity index (χ1v) is 6.99. The van der Waals surface area contributed by atoms with E-state index in [9.17, 15) is 9.59 Å². The number of urea groups is 1. The number of amides is 2. The van der Waals surface area contributed by atoms with Gasteiger partial charge in [0.1, 0.15) is 0 Å². The molecule has 1 heterocycles. The van der Waals surface area contributed by atoms with E-state index in [1.54, 1.807) is 4.90 Å². The fourth-order valence-corrected chi connectivity index (χ4v) is 2.25. The molecule has 3 N–H and O–H groups in total. The molecule has 7 nitrogen and oxygen atoms in total. The number of aliphatic carboxylic acids is 1. The van der Waals surface area contributed by atoms with E-state index in [-0.39, 0.29) is 37.2 Å². The van der Waals surface area contributed by atoms with Gasteiger partial charge in [0.15, 0.2) is 0 Å². The maximum Gasteiger partial charge on any atom is 0.318 e. The molecule has 0 aliphatic carbocycles. The van der Waals surface area contributed by atoms with Crippen LogP contribution in [0.2, 0.25) is 0 Å². The predicted molar refractivity (Wildman–Crippen MR) is 72.5 cm³/mol. The maximum absolute atomic E-state index is 12.2. The molecular formula is C13H24N2O5. The summed E-state index contributed by atoms with van der Waals surface area (Å²) in [5, 5.41) is 20.7. The molecule has 1 fully saturated rings. The molecule has 3 unspecified atom stereocenters. The van der Waals surface area contributed by atoms with Crippen LogP contribution in [-0.4, -0.2) is 65.1 Å². The number of nitrogens with one attached hydrogen (secondary N) is 1. The van der Waals surface area contributed by atoms with Gasteiger partial charge in [-0.15, -0.1) is 0 Å². The van der Waals surface area contributed by atoms with Crippen LogP contribution < -0.4 is 5.32 Å². The normalized spacial score (nSPS) is 24.2. The van der Waals surface area contributed by atoms with E-state index < -0.39 is 5.97 Å². The number of nitrogens with zero attached hydrogens (tertiary/aromatic N) is 1. The van der Waals surface area contributed by atoms with Crippen molar-refractivity contribution < 1.29 is 24.5 Å². The average molecular weight is 288 g/mol. The van der Waals surface area contributed by atoms with Crippen molar-refractivity contribution in [2.24, 2.45) is 0 Å². The molecule has 1 saturated heterocycles. The number of carboxylic acids is 1. The number of ether oxygens (including phenoxy) is 1. The maximum atomic E-state index is 12.2. The monoisotopic (exact) mass is 288 g/mol. The Hall–Kier alpha value is -1.34. The number of hydrogen-bond acceptors (Lipinski definition) is 4. The number of rotatable bonds is 6. The van der Waals surface area contributed by atoms with E-state index in [0.717, 1.165) is 6.42 Å². The first-order chi connectivity index (χ1) is 9.47. The smallest absolute Gasteiger partial charge is 0.318 e. The van der Waals surface area contributed by atoms with E-state index >= 15 is 0 Å². The lowest BCUT2D eigenvalue weighted by Gasteiger charge is -2.38. The van der Waals surface area contributed by atoms with Crippen molar-refractivity contribution in [3.63, 3.8) is 0 Å². The molecule has 0 radical (unpaired) electrons. The highest BCUT2D eigenvalue weighted by molar-refractivity contribution is 5.76. The Balaban J connectivity index is 2.59.